The lowest BCUT2D eigenvalue weighted by Gasteiger charge is -2.04. The average molecular weight is 369 g/mol. The van der Waals surface area contributed by atoms with Gasteiger partial charge in [-0.25, -0.2) is 9.07 Å². The molecule has 0 N–H and O–H groups in total. The van der Waals surface area contributed by atoms with Gasteiger partial charge in [-0.2, -0.15) is 4.98 Å². The second-order valence-corrected chi connectivity index (χ2v) is 4.87. The van der Waals surface area contributed by atoms with E-state index in [0.29, 0.717) is 21.0 Å². The van der Waals surface area contributed by atoms with Crippen molar-refractivity contribution in [2.75, 3.05) is 0 Å². The molecule has 1 aromatic carbocycles. The minimum Gasteiger partial charge on any atom is -0.235 e. The number of rotatable bonds is 2. The van der Waals surface area contributed by atoms with Gasteiger partial charge in [0.05, 0.1) is 6.54 Å². The van der Waals surface area contributed by atoms with E-state index in [1.54, 1.807) is 10.7 Å². The van der Waals surface area contributed by atoms with Crippen molar-refractivity contribution in [1.29, 1.82) is 0 Å². The highest BCUT2D eigenvalue weighted by Gasteiger charge is 2.08. The maximum atomic E-state index is 12.8. The van der Waals surface area contributed by atoms with Gasteiger partial charge in [-0.1, -0.05) is 17.7 Å². The predicted octanol–water partition coefficient (Wildman–Crippen LogP) is 3.64. The van der Waals surface area contributed by atoms with Gasteiger partial charge in [-0.05, 0) is 49.6 Å². The van der Waals surface area contributed by atoms with Gasteiger partial charge < -0.3 is 0 Å². The van der Waals surface area contributed by atoms with Crippen LogP contribution in [0.1, 0.15) is 5.56 Å². The lowest BCUT2D eigenvalue weighted by molar-refractivity contribution is 0.623. The van der Waals surface area contributed by atoms with Crippen molar-refractivity contribution in [3.05, 3.63) is 44.1 Å². The van der Waals surface area contributed by atoms with Crippen molar-refractivity contribution in [3.8, 4) is 0 Å². The molecule has 2 rings (SSSR count). The van der Waals surface area contributed by atoms with Crippen LogP contribution in [0.3, 0.4) is 0 Å². The maximum Gasteiger partial charge on any atom is 0.218 e. The monoisotopic (exact) mass is 367 g/mol. The van der Waals surface area contributed by atoms with Crippen LogP contribution < -0.4 is 0 Å². The first-order valence-electron chi connectivity index (χ1n) is 4.26. The van der Waals surface area contributed by atoms with Crippen LogP contribution in [0.4, 0.5) is 4.39 Å². The Bertz CT molecular complexity index is 529. The van der Waals surface area contributed by atoms with Gasteiger partial charge in [0, 0.05) is 5.02 Å². The molecule has 0 aliphatic rings. The molecule has 0 saturated carbocycles. The minimum absolute atomic E-state index is 0.354. The Kier molecular flexibility index (Phi) is 3.61. The highest BCUT2D eigenvalue weighted by Crippen LogP contribution is 2.20. The van der Waals surface area contributed by atoms with Crippen LogP contribution in [-0.4, -0.2) is 14.8 Å². The Morgan fingerprint density at radius 3 is 2.69 bits per heavy atom. The normalized spacial score (nSPS) is 10.8. The van der Waals surface area contributed by atoms with Gasteiger partial charge in [0.25, 0.3) is 0 Å². The van der Waals surface area contributed by atoms with Gasteiger partial charge in [0.2, 0.25) is 4.73 Å². The molecule has 2 aromatic rings. The van der Waals surface area contributed by atoms with Gasteiger partial charge in [-0.3, -0.25) is 0 Å². The first kappa shape index (κ1) is 12.0. The van der Waals surface area contributed by atoms with E-state index in [1.165, 1.54) is 12.1 Å². The summed E-state index contributed by atoms with van der Waals surface area (Å²) in [6.07, 6.45) is 0. The number of aromatic nitrogens is 3. The lowest BCUT2D eigenvalue weighted by Crippen LogP contribution is -2.03. The average Bonchev–Trinajstić information content (AvgIpc) is 2.50. The van der Waals surface area contributed by atoms with E-state index in [4.69, 9.17) is 11.6 Å². The maximum absolute atomic E-state index is 12.8. The van der Waals surface area contributed by atoms with Gasteiger partial charge in [0.15, 0.2) is 4.73 Å². The van der Waals surface area contributed by atoms with E-state index in [0.717, 1.165) is 5.56 Å². The van der Waals surface area contributed by atoms with E-state index in [9.17, 15) is 4.39 Å². The smallest absolute Gasteiger partial charge is 0.218 e. The molecule has 0 saturated heterocycles. The van der Waals surface area contributed by atoms with Gasteiger partial charge in [-0.15, -0.1) is 5.10 Å². The summed E-state index contributed by atoms with van der Waals surface area (Å²) < 4.78 is 15.5. The lowest BCUT2D eigenvalue weighted by atomic mass is 10.2. The SMILES string of the molecule is Fc1ccc(Cn2nc(Br)nc2Br)c(Cl)c1. The molecule has 84 valence electrons. The second-order valence-electron chi connectivity index (χ2n) is 3.04. The van der Waals surface area contributed by atoms with Gasteiger partial charge >= 0.3 is 0 Å². The van der Waals surface area contributed by atoms with Crippen molar-refractivity contribution >= 4 is 43.5 Å². The zero-order valence-electron chi connectivity index (χ0n) is 7.79. The van der Waals surface area contributed by atoms with Crippen molar-refractivity contribution < 1.29 is 4.39 Å². The molecule has 1 aromatic heterocycles. The summed E-state index contributed by atoms with van der Waals surface area (Å²) >= 11 is 12.3. The standard InChI is InChI=1S/C9H5Br2ClFN3/c10-8-14-9(11)16(15-8)4-5-1-2-6(13)3-7(5)12/h1-3H,4H2. The third kappa shape index (κ3) is 2.61. The third-order valence-electron chi connectivity index (χ3n) is 1.94. The largest absolute Gasteiger partial charge is 0.235 e. The topological polar surface area (TPSA) is 30.7 Å². The molecule has 0 amide bonds. The van der Waals surface area contributed by atoms with E-state index in [1.807, 2.05) is 0 Å². The summed E-state index contributed by atoms with van der Waals surface area (Å²) in [6, 6.07) is 4.26. The van der Waals surface area contributed by atoms with Crippen LogP contribution in [0.2, 0.25) is 5.02 Å². The van der Waals surface area contributed by atoms with Crippen LogP contribution in [0.5, 0.6) is 0 Å². The minimum atomic E-state index is -0.354. The summed E-state index contributed by atoms with van der Waals surface area (Å²) in [6.45, 7) is 0.429. The molecule has 1 heterocycles. The highest BCUT2D eigenvalue weighted by atomic mass is 79.9. The number of benzene rings is 1. The number of nitrogens with zero attached hydrogens (tertiary/aromatic N) is 3. The number of hydrogen-bond acceptors (Lipinski definition) is 2. The van der Waals surface area contributed by atoms with E-state index in [2.05, 4.69) is 41.9 Å². The zero-order valence-corrected chi connectivity index (χ0v) is 11.7. The molecular weight excluding hydrogens is 364 g/mol. The molecular formula is C9H5Br2ClFN3. The highest BCUT2D eigenvalue weighted by molar-refractivity contribution is 9.11. The number of hydrogen-bond donors (Lipinski definition) is 0. The molecule has 0 aliphatic heterocycles. The molecule has 0 bridgehead atoms. The summed E-state index contributed by atoms with van der Waals surface area (Å²) in [5.41, 5.74) is 0.779. The fourth-order valence-electron chi connectivity index (χ4n) is 1.21. The predicted molar refractivity (Wildman–Crippen MR) is 65.9 cm³/mol. The van der Waals surface area contributed by atoms with Crippen LogP contribution in [0, 0.1) is 5.82 Å². The third-order valence-corrected chi connectivity index (χ3v) is 3.21. The van der Waals surface area contributed by atoms with Crippen LogP contribution in [-0.2, 0) is 6.54 Å². The van der Waals surface area contributed by atoms with Crippen molar-refractivity contribution in [1.82, 2.24) is 14.8 Å². The Hall–Kier alpha value is -0.460. The fourth-order valence-corrected chi connectivity index (χ4v) is 2.41. The molecule has 0 spiro atoms. The van der Waals surface area contributed by atoms with Crippen molar-refractivity contribution in [3.63, 3.8) is 0 Å². The molecule has 16 heavy (non-hydrogen) atoms. The molecule has 0 radical (unpaired) electrons. The molecule has 0 fully saturated rings. The molecule has 0 aliphatic carbocycles. The van der Waals surface area contributed by atoms with Crippen LogP contribution in [0.15, 0.2) is 27.7 Å². The Balaban J connectivity index is 2.30. The zero-order chi connectivity index (χ0) is 11.7. The molecule has 0 atom stereocenters. The molecule has 0 unspecified atom stereocenters. The molecule has 7 heteroatoms. The van der Waals surface area contributed by atoms with Crippen LogP contribution in [0.25, 0.3) is 0 Å². The second kappa shape index (κ2) is 4.81. The van der Waals surface area contributed by atoms with Crippen molar-refractivity contribution in [2.45, 2.75) is 6.54 Å². The van der Waals surface area contributed by atoms with E-state index < -0.39 is 0 Å². The summed E-state index contributed by atoms with van der Waals surface area (Å²) in [5.74, 6) is -0.354. The Morgan fingerprint density at radius 2 is 2.12 bits per heavy atom. The number of halogens is 4. The summed E-state index contributed by atoms with van der Waals surface area (Å²) in [5, 5.41) is 4.47. The van der Waals surface area contributed by atoms with E-state index in [-0.39, 0.29) is 5.82 Å². The fraction of sp³-hybridized carbons (Fsp3) is 0.111. The summed E-state index contributed by atoms with van der Waals surface area (Å²) in [7, 11) is 0. The van der Waals surface area contributed by atoms with Crippen molar-refractivity contribution in [2.24, 2.45) is 0 Å². The quantitative estimate of drug-likeness (QED) is 0.809. The Morgan fingerprint density at radius 1 is 1.38 bits per heavy atom. The van der Waals surface area contributed by atoms with E-state index >= 15 is 0 Å². The molecule has 3 nitrogen and oxygen atoms in total. The van der Waals surface area contributed by atoms with Gasteiger partial charge in [0.1, 0.15) is 5.82 Å². The Labute approximate surface area is 113 Å². The first-order chi connectivity index (χ1) is 7.56. The summed E-state index contributed by atoms with van der Waals surface area (Å²) in [4.78, 5) is 4.02. The van der Waals surface area contributed by atoms with Crippen LogP contribution >= 0.6 is 43.5 Å². The first-order valence-corrected chi connectivity index (χ1v) is 6.22.